The van der Waals surface area contributed by atoms with Gasteiger partial charge < -0.3 is 15.7 Å². The maximum absolute atomic E-state index is 12.6. The molecule has 0 aliphatic carbocycles. The zero-order valence-electron chi connectivity index (χ0n) is 13.1. The number of anilines is 1. The summed E-state index contributed by atoms with van der Waals surface area (Å²) in [5, 5.41) is 10.6. The van der Waals surface area contributed by atoms with Crippen molar-refractivity contribution in [3.05, 3.63) is 65.9 Å². The molecule has 0 saturated carbocycles. The Morgan fingerprint density at radius 3 is 2.75 bits per heavy atom. The highest BCUT2D eigenvalue weighted by Gasteiger charge is 2.16. The van der Waals surface area contributed by atoms with Gasteiger partial charge in [0, 0.05) is 30.9 Å². The van der Waals surface area contributed by atoms with E-state index in [1.165, 1.54) is 18.2 Å². The largest absolute Gasteiger partial charge is 0.508 e. The smallest absolute Gasteiger partial charge is 0.256 e. The minimum atomic E-state index is -0.244. The van der Waals surface area contributed by atoms with Crippen molar-refractivity contribution in [1.82, 2.24) is 9.88 Å². The number of rotatable bonds is 3. The van der Waals surface area contributed by atoms with Gasteiger partial charge in [0.1, 0.15) is 5.75 Å². The van der Waals surface area contributed by atoms with Crippen LogP contribution < -0.4 is 5.73 Å². The molecule has 0 bridgehead atoms. The molecule has 1 aromatic heterocycles. The van der Waals surface area contributed by atoms with Crippen LogP contribution in [-0.4, -0.2) is 27.9 Å². The summed E-state index contributed by atoms with van der Waals surface area (Å²) in [4.78, 5) is 18.5. The topological polar surface area (TPSA) is 79.5 Å². The Hall–Kier alpha value is -2.79. The fraction of sp³-hybridized carbons (Fsp3) is 0.111. The van der Waals surface area contributed by atoms with Crippen molar-refractivity contribution >= 4 is 34.9 Å². The number of nitrogens with two attached hydrogens (primary N) is 1. The number of aromatic nitrogens is 1. The minimum Gasteiger partial charge on any atom is -0.508 e. The molecule has 0 aliphatic heterocycles. The summed E-state index contributed by atoms with van der Waals surface area (Å²) < 4.78 is 0. The summed E-state index contributed by atoms with van der Waals surface area (Å²) in [5.74, 6) is -0.228. The molecule has 24 heavy (non-hydrogen) atoms. The Kier molecular flexibility index (Phi) is 5.26. The van der Waals surface area contributed by atoms with Gasteiger partial charge in [-0.15, -0.1) is 12.4 Å². The number of nitrogens with zero attached hydrogens (tertiary/aromatic N) is 2. The molecular weight excluding hydrogens is 326 g/mol. The fourth-order valence-electron chi connectivity index (χ4n) is 2.56. The molecule has 2 aromatic carbocycles. The molecule has 0 radical (unpaired) electrons. The van der Waals surface area contributed by atoms with Gasteiger partial charge in [0.25, 0.3) is 5.91 Å². The number of fused-ring (bicyclic) bond motifs is 1. The van der Waals surface area contributed by atoms with Crippen LogP contribution in [0.15, 0.2) is 54.7 Å². The van der Waals surface area contributed by atoms with E-state index < -0.39 is 0 Å². The van der Waals surface area contributed by atoms with Gasteiger partial charge in [-0.2, -0.15) is 0 Å². The van der Waals surface area contributed by atoms with Crippen LogP contribution in [0.4, 0.5) is 5.69 Å². The molecule has 0 spiro atoms. The van der Waals surface area contributed by atoms with Gasteiger partial charge >= 0.3 is 0 Å². The van der Waals surface area contributed by atoms with Gasteiger partial charge in [-0.05, 0) is 29.8 Å². The zero-order chi connectivity index (χ0) is 16.4. The number of benzene rings is 2. The summed E-state index contributed by atoms with van der Waals surface area (Å²) in [5.41, 5.74) is 8.31. The highest BCUT2D eigenvalue weighted by atomic mass is 35.5. The maximum Gasteiger partial charge on any atom is 0.256 e. The van der Waals surface area contributed by atoms with Crippen molar-refractivity contribution in [2.45, 2.75) is 6.54 Å². The van der Waals surface area contributed by atoms with E-state index >= 15 is 0 Å². The molecule has 0 unspecified atom stereocenters. The number of halogens is 1. The van der Waals surface area contributed by atoms with Crippen LogP contribution in [0.2, 0.25) is 0 Å². The van der Waals surface area contributed by atoms with Crippen LogP contribution in [0.25, 0.3) is 10.9 Å². The van der Waals surface area contributed by atoms with E-state index in [0.717, 1.165) is 16.5 Å². The van der Waals surface area contributed by atoms with Gasteiger partial charge in [-0.25, -0.2) is 0 Å². The quantitative estimate of drug-likeness (QED) is 0.565. The standard InChI is InChI=1S/C18H17N3O2.ClH/c1-21(18(23)15-10-14(22)7-8-16(15)19)11-13-5-2-4-12-6-3-9-20-17(12)13;/h2-10,22H,11,19H2,1H3;1H. The summed E-state index contributed by atoms with van der Waals surface area (Å²) in [6.45, 7) is 0.405. The lowest BCUT2D eigenvalue weighted by atomic mass is 10.1. The molecule has 0 saturated heterocycles. The van der Waals surface area contributed by atoms with Crippen molar-refractivity contribution < 1.29 is 9.90 Å². The second-order valence-corrected chi connectivity index (χ2v) is 5.43. The average Bonchev–Trinajstić information content (AvgIpc) is 2.56. The Balaban J connectivity index is 0.00000208. The van der Waals surface area contributed by atoms with Crippen LogP contribution in [-0.2, 0) is 6.54 Å². The molecule has 3 N–H and O–H groups in total. The Morgan fingerprint density at radius 1 is 1.21 bits per heavy atom. The summed E-state index contributed by atoms with van der Waals surface area (Å²) in [7, 11) is 1.70. The number of phenolic OH excluding ortho intramolecular Hbond substituents is 1. The van der Waals surface area contributed by atoms with E-state index in [0.29, 0.717) is 17.8 Å². The number of carbonyl (C=O) groups excluding carboxylic acids is 1. The molecule has 3 aromatic rings. The normalized spacial score (nSPS) is 10.2. The first kappa shape index (κ1) is 17.6. The first-order valence-corrected chi connectivity index (χ1v) is 7.23. The van der Waals surface area contributed by atoms with Crippen molar-refractivity contribution in [3.63, 3.8) is 0 Å². The predicted octanol–water partition coefficient (Wildman–Crippen LogP) is 3.22. The SMILES string of the molecule is CN(Cc1cccc2cccnc12)C(=O)c1cc(O)ccc1N.Cl. The van der Waals surface area contributed by atoms with Crippen LogP contribution >= 0.6 is 12.4 Å². The lowest BCUT2D eigenvalue weighted by molar-refractivity contribution is 0.0786. The number of carbonyl (C=O) groups is 1. The van der Waals surface area contributed by atoms with Gasteiger partial charge in [-0.1, -0.05) is 24.3 Å². The highest BCUT2D eigenvalue weighted by Crippen LogP contribution is 2.22. The van der Waals surface area contributed by atoms with Gasteiger partial charge in [0.15, 0.2) is 0 Å². The molecule has 0 atom stereocenters. The van der Waals surface area contributed by atoms with Crippen LogP contribution in [0.3, 0.4) is 0 Å². The van der Waals surface area contributed by atoms with E-state index in [4.69, 9.17) is 5.73 Å². The summed E-state index contributed by atoms with van der Waals surface area (Å²) >= 11 is 0. The number of hydrogen-bond acceptors (Lipinski definition) is 4. The molecule has 1 amide bonds. The first-order chi connectivity index (χ1) is 11.1. The number of amides is 1. The molecule has 0 aliphatic rings. The number of pyridine rings is 1. The highest BCUT2D eigenvalue weighted by molar-refractivity contribution is 5.99. The van der Waals surface area contributed by atoms with E-state index in [1.54, 1.807) is 18.1 Å². The number of hydrogen-bond donors (Lipinski definition) is 2. The minimum absolute atomic E-state index is 0. The van der Waals surface area contributed by atoms with E-state index in [2.05, 4.69) is 4.98 Å². The van der Waals surface area contributed by atoms with Crippen LogP contribution in [0.5, 0.6) is 5.75 Å². The fourth-order valence-corrected chi connectivity index (χ4v) is 2.56. The molecule has 1 heterocycles. The third kappa shape index (κ3) is 3.41. The first-order valence-electron chi connectivity index (χ1n) is 7.23. The van der Waals surface area contributed by atoms with Gasteiger partial charge in [-0.3, -0.25) is 9.78 Å². The molecule has 124 valence electrons. The lowest BCUT2D eigenvalue weighted by Gasteiger charge is -2.19. The van der Waals surface area contributed by atoms with Crippen molar-refractivity contribution in [2.75, 3.05) is 12.8 Å². The number of nitrogen functional groups attached to an aromatic ring is 1. The monoisotopic (exact) mass is 343 g/mol. The third-order valence-electron chi connectivity index (χ3n) is 3.74. The lowest BCUT2D eigenvalue weighted by Crippen LogP contribution is -2.27. The van der Waals surface area contributed by atoms with Gasteiger partial charge in [0.2, 0.25) is 0 Å². The van der Waals surface area contributed by atoms with Gasteiger partial charge in [0.05, 0.1) is 11.1 Å². The number of aromatic hydroxyl groups is 1. The Labute approximate surface area is 146 Å². The third-order valence-corrected chi connectivity index (χ3v) is 3.74. The zero-order valence-corrected chi connectivity index (χ0v) is 14.0. The van der Waals surface area contributed by atoms with Crippen molar-refractivity contribution in [2.24, 2.45) is 0 Å². The molecule has 5 nitrogen and oxygen atoms in total. The molecule has 0 fully saturated rings. The van der Waals surface area contributed by atoms with Crippen LogP contribution in [0.1, 0.15) is 15.9 Å². The maximum atomic E-state index is 12.6. The Morgan fingerprint density at radius 2 is 1.96 bits per heavy atom. The Bertz CT molecular complexity index is 878. The molecule has 6 heteroatoms. The molecular formula is C18H18ClN3O2. The summed E-state index contributed by atoms with van der Waals surface area (Å²) in [6.07, 6.45) is 1.74. The average molecular weight is 344 g/mol. The second kappa shape index (κ2) is 7.19. The number of phenols is 1. The summed E-state index contributed by atoms with van der Waals surface area (Å²) in [6, 6.07) is 14.1. The van der Waals surface area contributed by atoms with E-state index in [1.807, 2.05) is 30.3 Å². The van der Waals surface area contributed by atoms with Crippen molar-refractivity contribution in [3.8, 4) is 5.75 Å². The number of para-hydroxylation sites is 1. The predicted molar refractivity (Wildman–Crippen MR) is 97.3 cm³/mol. The van der Waals surface area contributed by atoms with Crippen molar-refractivity contribution in [1.29, 1.82) is 0 Å². The van der Waals surface area contributed by atoms with E-state index in [-0.39, 0.29) is 24.1 Å². The van der Waals surface area contributed by atoms with Crippen LogP contribution in [0, 0.1) is 0 Å². The second-order valence-electron chi connectivity index (χ2n) is 5.43. The van der Waals surface area contributed by atoms with E-state index in [9.17, 15) is 9.90 Å². The molecule has 3 rings (SSSR count).